The fourth-order valence-electron chi connectivity index (χ4n) is 3.41. The van der Waals surface area contributed by atoms with E-state index in [2.05, 4.69) is 19.1 Å². The number of amides is 1. The molecule has 1 aliphatic rings. The van der Waals surface area contributed by atoms with Gasteiger partial charge in [0, 0.05) is 24.2 Å². The van der Waals surface area contributed by atoms with E-state index in [1.807, 2.05) is 41.3 Å². The van der Waals surface area contributed by atoms with Gasteiger partial charge in [-0.3, -0.25) is 4.79 Å². The van der Waals surface area contributed by atoms with Crippen molar-refractivity contribution < 1.29 is 9.53 Å². The van der Waals surface area contributed by atoms with Crippen LogP contribution in [0.1, 0.15) is 30.4 Å². The van der Waals surface area contributed by atoms with Crippen LogP contribution in [0.25, 0.3) is 0 Å². The lowest BCUT2D eigenvalue weighted by atomic mass is 9.97. The maximum Gasteiger partial charge on any atom is 0.227 e. The molecular formula is C20H24N2O2. The third-order valence-electron chi connectivity index (χ3n) is 4.82. The smallest absolute Gasteiger partial charge is 0.227 e. The first kappa shape index (κ1) is 16.4. The maximum absolute atomic E-state index is 12.7. The molecular weight excluding hydrogens is 300 g/mol. The van der Waals surface area contributed by atoms with Gasteiger partial charge in [-0.05, 0) is 48.7 Å². The second-order valence-electron chi connectivity index (χ2n) is 6.52. The number of rotatable bonds is 4. The molecule has 24 heavy (non-hydrogen) atoms. The number of nitrogens with zero attached hydrogens (tertiary/aromatic N) is 1. The molecule has 0 bridgehead atoms. The molecule has 0 spiro atoms. The number of benzene rings is 2. The third-order valence-corrected chi connectivity index (χ3v) is 4.82. The van der Waals surface area contributed by atoms with Gasteiger partial charge < -0.3 is 15.4 Å². The van der Waals surface area contributed by atoms with E-state index in [1.54, 1.807) is 7.11 Å². The Labute approximate surface area is 143 Å². The summed E-state index contributed by atoms with van der Waals surface area (Å²) in [7, 11) is 1.67. The van der Waals surface area contributed by atoms with Crippen molar-refractivity contribution in [2.45, 2.75) is 31.7 Å². The van der Waals surface area contributed by atoms with Crippen molar-refractivity contribution in [3.05, 3.63) is 59.7 Å². The van der Waals surface area contributed by atoms with Crippen LogP contribution in [0.3, 0.4) is 0 Å². The molecule has 1 saturated heterocycles. The molecule has 0 aromatic heterocycles. The van der Waals surface area contributed by atoms with Gasteiger partial charge in [0.1, 0.15) is 5.75 Å². The number of carbonyl (C=O) groups is 1. The van der Waals surface area contributed by atoms with Crippen LogP contribution < -0.4 is 10.5 Å². The van der Waals surface area contributed by atoms with Crippen LogP contribution >= 0.6 is 0 Å². The summed E-state index contributed by atoms with van der Waals surface area (Å²) in [5.74, 6) is 1.44. The number of nitrogens with two attached hydrogens (primary N) is 1. The van der Waals surface area contributed by atoms with Gasteiger partial charge in [-0.1, -0.05) is 24.3 Å². The summed E-state index contributed by atoms with van der Waals surface area (Å²) in [6, 6.07) is 16.0. The highest BCUT2D eigenvalue weighted by Crippen LogP contribution is 2.32. The molecule has 1 heterocycles. The van der Waals surface area contributed by atoms with E-state index in [4.69, 9.17) is 10.5 Å². The Morgan fingerprint density at radius 1 is 1.17 bits per heavy atom. The maximum atomic E-state index is 12.7. The zero-order valence-electron chi connectivity index (χ0n) is 14.2. The minimum atomic E-state index is 0.184. The Hall–Kier alpha value is -2.49. The fraction of sp³-hybridized carbons (Fsp3) is 0.350. The number of anilines is 1. The first-order valence-electron chi connectivity index (χ1n) is 8.34. The number of hydrogen-bond acceptors (Lipinski definition) is 3. The molecule has 4 heteroatoms. The highest BCUT2D eigenvalue weighted by molar-refractivity contribution is 5.79. The largest absolute Gasteiger partial charge is 0.497 e. The van der Waals surface area contributed by atoms with Gasteiger partial charge in [-0.25, -0.2) is 0 Å². The third kappa shape index (κ3) is 3.53. The molecule has 0 aliphatic carbocycles. The van der Waals surface area contributed by atoms with Gasteiger partial charge >= 0.3 is 0 Å². The van der Waals surface area contributed by atoms with Crippen LogP contribution in [-0.4, -0.2) is 30.5 Å². The lowest BCUT2D eigenvalue weighted by Crippen LogP contribution is -2.35. The van der Waals surface area contributed by atoms with Gasteiger partial charge in [0.25, 0.3) is 0 Å². The molecule has 4 nitrogen and oxygen atoms in total. The number of methoxy groups -OCH3 is 1. The van der Waals surface area contributed by atoms with E-state index in [0.717, 1.165) is 30.0 Å². The van der Waals surface area contributed by atoms with Crippen LogP contribution in [0.5, 0.6) is 5.75 Å². The second kappa shape index (κ2) is 6.95. The van der Waals surface area contributed by atoms with E-state index in [0.29, 0.717) is 12.3 Å². The first-order chi connectivity index (χ1) is 11.6. The number of carbonyl (C=O) groups excluding carboxylic acids is 1. The van der Waals surface area contributed by atoms with E-state index in [-0.39, 0.29) is 11.9 Å². The standard InChI is InChI=1S/C20H24N2O2/c1-14-11-17(16-5-9-19(24-2)10-6-16)13-22(14)20(23)12-15-3-7-18(21)8-4-15/h3-10,14,17H,11-13,21H2,1-2H3/t14-,17+/m1/s1. The average molecular weight is 324 g/mol. The van der Waals surface area contributed by atoms with Crippen molar-refractivity contribution in [3.8, 4) is 5.75 Å². The highest BCUT2D eigenvalue weighted by atomic mass is 16.5. The molecule has 3 rings (SSSR count). The molecule has 2 aromatic rings. The first-order valence-corrected chi connectivity index (χ1v) is 8.34. The second-order valence-corrected chi connectivity index (χ2v) is 6.52. The monoisotopic (exact) mass is 324 g/mol. The number of hydrogen-bond donors (Lipinski definition) is 1. The van der Waals surface area contributed by atoms with Crippen molar-refractivity contribution in [1.29, 1.82) is 0 Å². The molecule has 0 saturated carbocycles. The van der Waals surface area contributed by atoms with Crippen LogP contribution in [0.15, 0.2) is 48.5 Å². The summed E-state index contributed by atoms with van der Waals surface area (Å²) in [5, 5.41) is 0. The molecule has 1 fully saturated rings. The predicted octanol–water partition coefficient (Wildman–Crippen LogP) is 3.22. The Kier molecular flexibility index (Phi) is 4.74. The molecule has 2 N–H and O–H groups in total. The van der Waals surface area contributed by atoms with Crippen LogP contribution in [0.2, 0.25) is 0 Å². The van der Waals surface area contributed by atoms with E-state index >= 15 is 0 Å². The zero-order chi connectivity index (χ0) is 17.1. The van der Waals surface area contributed by atoms with Gasteiger partial charge in [0.15, 0.2) is 0 Å². The van der Waals surface area contributed by atoms with Crippen LogP contribution in [0, 0.1) is 0 Å². The van der Waals surface area contributed by atoms with Crippen molar-refractivity contribution >= 4 is 11.6 Å². The zero-order valence-corrected chi connectivity index (χ0v) is 14.2. The Morgan fingerprint density at radius 3 is 2.46 bits per heavy atom. The fourth-order valence-corrected chi connectivity index (χ4v) is 3.41. The average Bonchev–Trinajstić information content (AvgIpc) is 2.99. The SMILES string of the molecule is COc1ccc([C@H]2C[C@@H](C)N(C(=O)Cc3ccc(N)cc3)C2)cc1. The summed E-state index contributed by atoms with van der Waals surface area (Å²) in [5.41, 5.74) is 8.70. The molecule has 126 valence electrons. The van der Waals surface area contributed by atoms with Gasteiger partial charge in [-0.2, -0.15) is 0 Å². The lowest BCUT2D eigenvalue weighted by molar-refractivity contribution is -0.131. The van der Waals surface area contributed by atoms with Gasteiger partial charge in [0.2, 0.25) is 5.91 Å². The molecule has 0 unspecified atom stereocenters. The Bertz CT molecular complexity index is 695. The molecule has 2 atom stereocenters. The van der Waals surface area contributed by atoms with E-state index < -0.39 is 0 Å². The van der Waals surface area contributed by atoms with Gasteiger partial charge in [-0.15, -0.1) is 0 Å². The highest BCUT2D eigenvalue weighted by Gasteiger charge is 2.32. The lowest BCUT2D eigenvalue weighted by Gasteiger charge is -2.21. The molecule has 1 amide bonds. The Balaban J connectivity index is 1.66. The number of nitrogen functional groups attached to an aromatic ring is 1. The van der Waals surface area contributed by atoms with Crippen molar-refractivity contribution in [2.75, 3.05) is 19.4 Å². The summed E-state index contributed by atoms with van der Waals surface area (Å²) < 4.78 is 5.21. The number of likely N-dealkylation sites (tertiary alicyclic amines) is 1. The summed E-state index contributed by atoms with van der Waals surface area (Å²) in [6.07, 6.45) is 1.43. The minimum Gasteiger partial charge on any atom is -0.497 e. The van der Waals surface area contributed by atoms with Crippen LogP contribution in [0.4, 0.5) is 5.69 Å². The van der Waals surface area contributed by atoms with Crippen molar-refractivity contribution in [3.63, 3.8) is 0 Å². The Morgan fingerprint density at radius 2 is 1.83 bits per heavy atom. The van der Waals surface area contributed by atoms with Gasteiger partial charge in [0.05, 0.1) is 13.5 Å². The molecule has 1 aliphatic heterocycles. The quantitative estimate of drug-likeness (QED) is 0.879. The molecule has 2 aromatic carbocycles. The van der Waals surface area contributed by atoms with Crippen LogP contribution in [-0.2, 0) is 11.2 Å². The predicted molar refractivity (Wildman–Crippen MR) is 96.1 cm³/mol. The summed E-state index contributed by atoms with van der Waals surface area (Å²) >= 11 is 0. The van der Waals surface area contributed by atoms with Crippen molar-refractivity contribution in [1.82, 2.24) is 4.90 Å². The van der Waals surface area contributed by atoms with E-state index in [9.17, 15) is 4.79 Å². The topological polar surface area (TPSA) is 55.6 Å². The van der Waals surface area contributed by atoms with Crippen molar-refractivity contribution in [2.24, 2.45) is 0 Å². The summed E-state index contributed by atoms with van der Waals surface area (Å²) in [6.45, 7) is 2.91. The van der Waals surface area contributed by atoms with E-state index in [1.165, 1.54) is 5.56 Å². The normalized spacial score (nSPS) is 20.2. The minimum absolute atomic E-state index is 0.184. The number of ether oxygens (including phenoxy) is 1. The molecule has 0 radical (unpaired) electrons. The summed E-state index contributed by atoms with van der Waals surface area (Å²) in [4.78, 5) is 14.7.